The van der Waals surface area contributed by atoms with Crippen molar-refractivity contribution in [2.45, 2.75) is 18.9 Å². The molecule has 1 aliphatic heterocycles. The van der Waals surface area contributed by atoms with Gasteiger partial charge in [-0.2, -0.15) is 0 Å². The van der Waals surface area contributed by atoms with Crippen molar-refractivity contribution in [1.29, 1.82) is 0 Å². The molecule has 1 aromatic rings. The summed E-state index contributed by atoms with van der Waals surface area (Å²) in [5.41, 5.74) is 0.786. The number of anilines is 1. The number of amides is 1. The van der Waals surface area contributed by atoms with E-state index in [0.29, 0.717) is 6.54 Å². The van der Waals surface area contributed by atoms with Crippen molar-refractivity contribution in [3.8, 4) is 0 Å². The molecule has 0 spiro atoms. The topological polar surface area (TPSA) is 72.9 Å². The van der Waals surface area contributed by atoms with Crippen molar-refractivity contribution in [1.82, 2.24) is 9.80 Å². The van der Waals surface area contributed by atoms with E-state index >= 15 is 0 Å². The molecule has 2 N–H and O–H groups in total. The quantitative estimate of drug-likeness (QED) is 0.739. The number of nitrogens with zero attached hydrogens (tertiary/aromatic N) is 2. The third kappa shape index (κ3) is 6.76. The van der Waals surface area contributed by atoms with E-state index in [1.807, 2.05) is 36.2 Å². The Morgan fingerprint density at radius 1 is 1.29 bits per heavy atom. The Kier molecular flexibility index (Phi) is 8.69. The molecule has 134 valence electrons. The van der Waals surface area contributed by atoms with Crippen LogP contribution in [-0.4, -0.2) is 66.1 Å². The predicted molar refractivity (Wildman–Crippen MR) is 99.7 cm³/mol. The molecular formula is C16H23BrClN3O3. The van der Waals surface area contributed by atoms with E-state index in [4.69, 9.17) is 5.11 Å². The molecule has 1 saturated heterocycles. The van der Waals surface area contributed by atoms with E-state index in [1.54, 1.807) is 0 Å². The lowest BCUT2D eigenvalue weighted by atomic mass is 10.0. The molecule has 2 rings (SSSR count). The van der Waals surface area contributed by atoms with Crippen LogP contribution >= 0.6 is 28.3 Å². The minimum absolute atomic E-state index is 0. The number of nitrogens with one attached hydrogen (secondary N) is 1. The summed E-state index contributed by atoms with van der Waals surface area (Å²) in [6.45, 7) is 2.05. The molecule has 1 amide bonds. The average Bonchev–Trinajstić information content (AvgIpc) is 2.49. The molecular weight excluding hydrogens is 398 g/mol. The number of hydrogen-bond donors (Lipinski definition) is 2. The fourth-order valence-electron chi connectivity index (χ4n) is 2.80. The Hall–Kier alpha value is -1.15. The molecule has 1 fully saturated rings. The molecule has 0 atom stereocenters. The second kappa shape index (κ2) is 9.98. The van der Waals surface area contributed by atoms with Gasteiger partial charge in [0, 0.05) is 29.3 Å². The SMILES string of the molecule is CN(CC(=O)O)C1CCN(CC(=O)Nc2ccc(Br)cc2)CC1.Cl. The predicted octanol–water partition coefficient (Wildman–Crippen LogP) is 2.29. The molecule has 24 heavy (non-hydrogen) atoms. The number of benzene rings is 1. The summed E-state index contributed by atoms with van der Waals surface area (Å²) in [5.74, 6) is -0.825. The number of hydrogen-bond acceptors (Lipinski definition) is 4. The monoisotopic (exact) mass is 419 g/mol. The summed E-state index contributed by atoms with van der Waals surface area (Å²) in [5, 5.41) is 11.7. The van der Waals surface area contributed by atoms with E-state index in [-0.39, 0.29) is 30.9 Å². The van der Waals surface area contributed by atoms with Crippen molar-refractivity contribution in [2.75, 3.05) is 38.5 Å². The fraction of sp³-hybridized carbons (Fsp3) is 0.500. The molecule has 6 nitrogen and oxygen atoms in total. The second-order valence-corrected chi connectivity index (χ2v) is 6.79. The van der Waals surface area contributed by atoms with E-state index in [0.717, 1.165) is 36.1 Å². The number of likely N-dealkylation sites (tertiary alicyclic amines) is 1. The maximum absolute atomic E-state index is 12.1. The number of likely N-dealkylation sites (N-methyl/N-ethyl adjacent to an activating group) is 1. The van der Waals surface area contributed by atoms with Gasteiger partial charge in [0.15, 0.2) is 0 Å². The van der Waals surface area contributed by atoms with E-state index in [9.17, 15) is 9.59 Å². The van der Waals surface area contributed by atoms with Crippen LogP contribution in [0.2, 0.25) is 0 Å². The molecule has 8 heteroatoms. The largest absolute Gasteiger partial charge is 0.480 e. The zero-order chi connectivity index (χ0) is 16.8. The van der Waals surface area contributed by atoms with Crippen molar-refractivity contribution in [2.24, 2.45) is 0 Å². The summed E-state index contributed by atoms with van der Waals surface area (Å²) in [7, 11) is 1.84. The fourth-order valence-corrected chi connectivity index (χ4v) is 3.06. The molecule has 0 aromatic heterocycles. The van der Waals surface area contributed by atoms with Crippen molar-refractivity contribution >= 4 is 45.9 Å². The van der Waals surface area contributed by atoms with Gasteiger partial charge in [0.1, 0.15) is 0 Å². The lowest BCUT2D eigenvalue weighted by Gasteiger charge is -2.35. The number of carbonyl (C=O) groups excluding carboxylic acids is 1. The number of rotatable bonds is 6. The number of carboxylic acids is 1. The highest BCUT2D eigenvalue weighted by atomic mass is 79.9. The van der Waals surface area contributed by atoms with Crippen molar-refractivity contribution in [3.05, 3.63) is 28.7 Å². The third-order valence-electron chi connectivity index (χ3n) is 4.06. The lowest BCUT2D eigenvalue weighted by molar-refractivity contribution is -0.138. The molecule has 1 aromatic carbocycles. The first-order chi connectivity index (χ1) is 10.9. The van der Waals surface area contributed by atoms with E-state index in [2.05, 4.69) is 26.1 Å². The minimum Gasteiger partial charge on any atom is -0.480 e. The zero-order valence-electron chi connectivity index (χ0n) is 13.6. The van der Waals surface area contributed by atoms with Crippen molar-refractivity contribution in [3.63, 3.8) is 0 Å². The standard InChI is InChI=1S/C16H22BrN3O3.ClH/c1-19(11-16(22)23)14-6-8-20(9-7-14)10-15(21)18-13-4-2-12(17)3-5-13;/h2-5,14H,6-11H2,1H3,(H,18,21)(H,22,23);1H. The van der Waals surface area contributed by atoms with Crippen molar-refractivity contribution < 1.29 is 14.7 Å². The molecule has 1 heterocycles. The van der Waals surface area contributed by atoms with Crippen LogP contribution in [0.15, 0.2) is 28.7 Å². The van der Waals surface area contributed by atoms with Gasteiger partial charge >= 0.3 is 5.97 Å². The first kappa shape index (κ1) is 20.9. The number of carbonyl (C=O) groups is 2. The van der Waals surface area contributed by atoms with Gasteiger partial charge in [0.05, 0.1) is 13.1 Å². The van der Waals surface area contributed by atoms with Crippen LogP contribution in [0.25, 0.3) is 0 Å². The third-order valence-corrected chi connectivity index (χ3v) is 4.59. The van der Waals surface area contributed by atoms with Gasteiger partial charge in [-0.3, -0.25) is 19.4 Å². The van der Waals surface area contributed by atoms with Gasteiger partial charge in [-0.1, -0.05) is 15.9 Å². The van der Waals surface area contributed by atoms with Crippen LogP contribution in [0.1, 0.15) is 12.8 Å². The van der Waals surface area contributed by atoms with Gasteiger partial charge < -0.3 is 10.4 Å². The highest BCUT2D eigenvalue weighted by Crippen LogP contribution is 2.16. The van der Waals surface area contributed by atoms with Crippen LogP contribution in [0.4, 0.5) is 5.69 Å². The van der Waals surface area contributed by atoms with Crippen LogP contribution in [0, 0.1) is 0 Å². The van der Waals surface area contributed by atoms with E-state index in [1.165, 1.54) is 0 Å². The minimum atomic E-state index is -0.802. The highest BCUT2D eigenvalue weighted by molar-refractivity contribution is 9.10. The molecule has 0 saturated carbocycles. The maximum Gasteiger partial charge on any atom is 0.317 e. The molecule has 0 radical (unpaired) electrons. The Morgan fingerprint density at radius 2 is 1.88 bits per heavy atom. The number of piperidine rings is 1. The second-order valence-electron chi connectivity index (χ2n) is 5.87. The summed E-state index contributed by atoms with van der Waals surface area (Å²) in [4.78, 5) is 26.8. The zero-order valence-corrected chi connectivity index (χ0v) is 16.0. The van der Waals surface area contributed by atoms with E-state index < -0.39 is 5.97 Å². The number of aliphatic carboxylic acids is 1. The Bertz CT molecular complexity index is 548. The molecule has 0 unspecified atom stereocenters. The molecule has 0 bridgehead atoms. The van der Waals surface area contributed by atoms with Crippen LogP contribution in [-0.2, 0) is 9.59 Å². The molecule has 0 aliphatic carbocycles. The molecule has 1 aliphatic rings. The Balaban J connectivity index is 0.00000288. The summed E-state index contributed by atoms with van der Waals surface area (Å²) < 4.78 is 0.975. The van der Waals surface area contributed by atoms with Gasteiger partial charge in [-0.15, -0.1) is 12.4 Å². The first-order valence-electron chi connectivity index (χ1n) is 7.64. The summed E-state index contributed by atoms with van der Waals surface area (Å²) in [6.07, 6.45) is 1.77. The Labute approximate surface area is 156 Å². The van der Waals surface area contributed by atoms with Gasteiger partial charge in [0.25, 0.3) is 0 Å². The van der Waals surface area contributed by atoms with Crippen LogP contribution in [0.5, 0.6) is 0 Å². The number of carboxylic acid groups (broad SMARTS) is 1. The Morgan fingerprint density at radius 3 is 2.42 bits per heavy atom. The van der Waals surface area contributed by atoms with Gasteiger partial charge in [0.2, 0.25) is 5.91 Å². The van der Waals surface area contributed by atoms with Gasteiger partial charge in [-0.25, -0.2) is 0 Å². The first-order valence-corrected chi connectivity index (χ1v) is 8.43. The van der Waals surface area contributed by atoms with Crippen LogP contribution in [0.3, 0.4) is 0 Å². The van der Waals surface area contributed by atoms with Gasteiger partial charge in [-0.05, 0) is 44.2 Å². The smallest absolute Gasteiger partial charge is 0.317 e. The lowest BCUT2D eigenvalue weighted by Crippen LogP contribution is -2.46. The summed E-state index contributed by atoms with van der Waals surface area (Å²) in [6, 6.07) is 7.76. The highest BCUT2D eigenvalue weighted by Gasteiger charge is 2.24. The number of halogens is 2. The normalized spacial score (nSPS) is 15.8. The maximum atomic E-state index is 12.1. The average molecular weight is 421 g/mol. The summed E-state index contributed by atoms with van der Waals surface area (Å²) >= 11 is 3.36. The van der Waals surface area contributed by atoms with Crippen LogP contribution < -0.4 is 5.32 Å².